The SMILES string of the molecule is COc1ccc([N+](=O)[O-])cc1O[C@H](C)C(=O)N1c2ccccc2NC(=O)C1(C)C. The lowest BCUT2D eigenvalue weighted by atomic mass is 9.95. The lowest BCUT2D eigenvalue weighted by Crippen LogP contribution is -2.60. The lowest BCUT2D eigenvalue weighted by molar-refractivity contribution is -0.385. The average Bonchev–Trinajstić information content (AvgIpc) is 2.68. The Morgan fingerprint density at radius 1 is 1.21 bits per heavy atom. The molecule has 1 N–H and O–H groups in total. The second-order valence-corrected chi connectivity index (χ2v) is 7.06. The van der Waals surface area contributed by atoms with Crippen LogP contribution in [0.15, 0.2) is 42.5 Å². The number of rotatable bonds is 5. The van der Waals surface area contributed by atoms with Crippen LogP contribution in [0.4, 0.5) is 17.1 Å². The Hall–Kier alpha value is -3.62. The molecule has 3 rings (SSSR count). The van der Waals surface area contributed by atoms with Crippen molar-refractivity contribution in [1.82, 2.24) is 0 Å². The Balaban J connectivity index is 1.95. The van der Waals surface area contributed by atoms with Crippen molar-refractivity contribution < 1.29 is 24.0 Å². The molecule has 0 saturated heterocycles. The van der Waals surface area contributed by atoms with Gasteiger partial charge in [-0.15, -0.1) is 0 Å². The number of amides is 2. The minimum atomic E-state index is -1.16. The summed E-state index contributed by atoms with van der Waals surface area (Å²) in [4.78, 5) is 37.7. The molecular formula is C20H21N3O6. The van der Waals surface area contributed by atoms with E-state index in [-0.39, 0.29) is 23.1 Å². The van der Waals surface area contributed by atoms with Gasteiger partial charge in [-0.05, 0) is 39.0 Å². The van der Waals surface area contributed by atoms with Crippen LogP contribution in [0.3, 0.4) is 0 Å². The number of carbonyl (C=O) groups is 2. The first-order valence-corrected chi connectivity index (χ1v) is 8.90. The first kappa shape index (κ1) is 20.1. The first-order chi connectivity index (χ1) is 13.7. The molecule has 1 atom stereocenters. The van der Waals surface area contributed by atoms with Crippen molar-refractivity contribution in [2.24, 2.45) is 0 Å². The van der Waals surface area contributed by atoms with Crippen molar-refractivity contribution in [3.8, 4) is 11.5 Å². The Labute approximate surface area is 167 Å². The summed E-state index contributed by atoms with van der Waals surface area (Å²) in [6.07, 6.45) is -1.04. The fourth-order valence-electron chi connectivity index (χ4n) is 3.14. The number of nitrogens with zero attached hydrogens (tertiary/aromatic N) is 2. The monoisotopic (exact) mass is 399 g/mol. The van der Waals surface area contributed by atoms with Crippen molar-refractivity contribution in [3.05, 3.63) is 52.6 Å². The molecule has 9 nitrogen and oxygen atoms in total. The molecule has 0 unspecified atom stereocenters. The van der Waals surface area contributed by atoms with Crippen molar-refractivity contribution in [2.75, 3.05) is 17.3 Å². The third kappa shape index (κ3) is 3.58. The first-order valence-electron chi connectivity index (χ1n) is 8.90. The number of para-hydroxylation sites is 2. The maximum absolute atomic E-state index is 13.3. The van der Waals surface area contributed by atoms with Crippen molar-refractivity contribution in [2.45, 2.75) is 32.4 Å². The van der Waals surface area contributed by atoms with Crippen LogP contribution in [0.2, 0.25) is 0 Å². The summed E-state index contributed by atoms with van der Waals surface area (Å²) in [5.74, 6) is -0.475. The molecule has 152 valence electrons. The summed E-state index contributed by atoms with van der Waals surface area (Å²) in [6.45, 7) is 4.79. The van der Waals surface area contributed by atoms with E-state index in [9.17, 15) is 19.7 Å². The van der Waals surface area contributed by atoms with Gasteiger partial charge >= 0.3 is 0 Å². The van der Waals surface area contributed by atoms with E-state index in [2.05, 4.69) is 5.32 Å². The highest BCUT2D eigenvalue weighted by Gasteiger charge is 2.45. The summed E-state index contributed by atoms with van der Waals surface area (Å²) in [5.41, 5.74) is -0.284. The summed E-state index contributed by atoms with van der Waals surface area (Å²) in [7, 11) is 1.40. The number of benzene rings is 2. The van der Waals surface area contributed by atoms with Gasteiger partial charge in [0, 0.05) is 6.07 Å². The van der Waals surface area contributed by atoms with Crippen LogP contribution in [0.1, 0.15) is 20.8 Å². The lowest BCUT2D eigenvalue weighted by Gasteiger charge is -2.42. The number of ether oxygens (including phenoxy) is 2. The highest BCUT2D eigenvalue weighted by molar-refractivity contribution is 6.14. The minimum absolute atomic E-state index is 0.0649. The predicted octanol–water partition coefficient (Wildman–Crippen LogP) is 3.13. The number of nitro benzene ring substituents is 1. The third-order valence-electron chi connectivity index (χ3n) is 4.74. The van der Waals surface area contributed by atoms with E-state index in [4.69, 9.17) is 9.47 Å². The number of hydrogen-bond donors (Lipinski definition) is 1. The van der Waals surface area contributed by atoms with Crippen molar-refractivity contribution in [3.63, 3.8) is 0 Å². The molecule has 2 amide bonds. The van der Waals surface area contributed by atoms with E-state index >= 15 is 0 Å². The van der Waals surface area contributed by atoms with Gasteiger partial charge in [0.2, 0.25) is 5.91 Å². The Morgan fingerprint density at radius 3 is 2.55 bits per heavy atom. The van der Waals surface area contributed by atoms with Gasteiger partial charge in [-0.3, -0.25) is 24.6 Å². The maximum Gasteiger partial charge on any atom is 0.273 e. The van der Waals surface area contributed by atoms with Crippen LogP contribution in [0.25, 0.3) is 0 Å². The molecule has 9 heteroatoms. The largest absolute Gasteiger partial charge is 0.493 e. The summed E-state index contributed by atoms with van der Waals surface area (Å²) in [6, 6.07) is 10.8. The molecule has 1 aliphatic heterocycles. The molecule has 2 aromatic carbocycles. The van der Waals surface area contributed by atoms with Crippen LogP contribution in [0.5, 0.6) is 11.5 Å². The molecule has 29 heavy (non-hydrogen) atoms. The van der Waals surface area contributed by atoms with Gasteiger partial charge in [0.15, 0.2) is 17.6 Å². The number of fused-ring (bicyclic) bond motifs is 1. The van der Waals surface area contributed by atoms with E-state index in [1.807, 2.05) is 0 Å². The standard InChI is InChI=1S/C20H21N3O6/c1-12(29-17-11-13(23(26)27)9-10-16(17)28-4)18(24)22-15-8-6-5-7-14(15)21-19(25)20(22,2)3/h5-12H,1-4H3,(H,21,25)/t12-/m1/s1. The van der Waals surface area contributed by atoms with Crippen LogP contribution in [-0.2, 0) is 9.59 Å². The number of carbonyl (C=O) groups excluding carboxylic acids is 2. The normalized spacial score (nSPS) is 15.7. The molecule has 0 radical (unpaired) electrons. The summed E-state index contributed by atoms with van der Waals surface area (Å²) >= 11 is 0. The second kappa shape index (κ2) is 7.42. The maximum atomic E-state index is 13.3. The predicted molar refractivity (Wildman–Crippen MR) is 106 cm³/mol. The highest BCUT2D eigenvalue weighted by atomic mass is 16.6. The van der Waals surface area contributed by atoms with E-state index in [0.29, 0.717) is 11.4 Å². The summed E-state index contributed by atoms with van der Waals surface area (Å²) < 4.78 is 10.9. The Bertz CT molecular complexity index is 988. The molecular weight excluding hydrogens is 378 g/mol. The molecule has 0 spiro atoms. The zero-order valence-corrected chi connectivity index (χ0v) is 16.5. The van der Waals surface area contributed by atoms with Crippen LogP contribution in [0, 0.1) is 10.1 Å². The van der Waals surface area contributed by atoms with Gasteiger partial charge in [0.1, 0.15) is 5.54 Å². The molecule has 0 aromatic heterocycles. The number of nitro groups is 1. The number of hydrogen-bond acceptors (Lipinski definition) is 6. The summed E-state index contributed by atoms with van der Waals surface area (Å²) in [5, 5.41) is 13.9. The Kier molecular flexibility index (Phi) is 5.15. The molecule has 1 aliphatic rings. The van der Waals surface area contributed by atoms with Crippen molar-refractivity contribution in [1.29, 1.82) is 0 Å². The quantitative estimate of drug-likeness (QED) is 0.611. The van der Waals surface area contributed by atoms with Crippen LogP contribution in [-0.4, -0.2) is 35.5 Å². The van der Waals surface area contributed by atoms with Gasteiger partial charge < -0.3 is 14.8 Å². The van der Waals surface area contributed by atoms with Gasteiger partial charge in [-0.25, -0.2) is 0 Å². The van der Waals surface area contributed by atoms with E-state index < -0.39 is 22.5 Å². The average molecular weight is 399 g/mol. The second-order valence-electron chi connectivity index (χ2n) is 7.06. The van der Waals surface area contributed by atoms with Gasteiger partial charge in [0.05, 0.1) is 29.5 Å². The topological polar surface area (TPSA) is 111 Å². The fraction of sp³-hybridized carbons (Fsp3) is 0.300. The number of anilines is 2. The highest BCUT2D eigenvalue weighted by Crippen LogP contribution is 2.38. The number of methoxy groups -OCH3 is 1. The molecule has 2 aromatic rings. The number of non-ortho nitro benzene ring substituents is 1. The van der Waals surface area contributed by atoms with E-state index in [1.54, 1.807) is 38.1 Å². The molecule has 0 bridgehead atoms. The van der Waals surface area contributed by atoms with E-state index in [0.717, 1.165) is 0 Å². The zero-order chi connectivity index (χ0) is 21.3. The van der Waals surface area contributed by atoms with Gasteiger partial charge in [0.25, 0.3) is 11.6 Å². The smallest absolute Gasteiger partial charge is 0.273 e. The number of nitrogens with one attached hydrogen (secondary N) is 1. The van der Waals surface area contributed by atoms with Gasteiger partial charge in [-0.2, -0.15) is 0 Å². The van der Waals surface area contributed by atoms with Gasteiger partial charge in [-0.1, -0.05) is 12.1 Å². The molecule has 0 fully saturated rings. The van der Waals surface area contributed by atoms with E-state index in [1.165, 1.54) is 37.1 Å². The Morgan fingerprint density at radius 2 is 1.90 bits per heavy atom. The third-order valence-corrected chi connectivity index (χ3v) is 4.74. The van der Waals surface area contributed by atoms with Crippen LogP contribution >= 0.6 is 0 Å². The fourth-order valence-corrected chi connectivity index (χ4v) is 3.14. The molecule has 0 saturated carbocycles. The molecule has 1 heterocycles. The van der Waals surface area contributed by atoms with Crippen LogP contribution < -0.4 is 19.7 Å². The van der Waals surface area contributed by atoms with Crippen molar-refractivity contribution >= 4 is 28.9 Å². The minimum Gasteiger partial charge on any atom is -0.493 e. The zero-order valence-electron chi connectivity index (χ0n) is 16.5. The molecule has 0 aliphatic carbocycles.